The molecule has 1 atom stereocenters. The van der Waals surface area contributed by atoms with Gasteiger partial charge in [-0.15, -0.1) is 6.42 Å². The van der Waals surface area contributed by atoms with Crippen molar-refractivity contribution in [1.29, 1.82) is 0 Å². The molecule has 1 saturated heterocycles. The smallest absolute Gasteiger partial charge is 0.0659 e. The fourth-order valence-corrected chi connectivity index (χ4v) is 1.60. The zero-order valence-electron chi connectivity index (χ0n) is 8.25. The number of hydrogen-bond donors (Lipinski definition) is 1. The summed E-state index contributed by atoms with van der Waals surface area (Å²) in [6, 6.07) is 0. The van der Waals surface area contributed by atoms with E-state index in [9.17, 15) is 0 Å². The van der Waals surface area contributed by atoms with E-state index in [-0.39, 0.29) is 5.54 Å². The number of rotatable bonds is 4. The molecule has 0 amide bonds. The van der Waals surface area contributed by atoms with Gasteiger partial charge in [-0.3, -0.25) is 4.90 Å². The van der Waals surface area contributed by atoms with E-state index >= 15 is 0 Å². The van der Waals surface area contributed by atoms with Crippen LogP contribution in [0.1, 0.15) is 13.3 Å². The monoisotopic (exact) mass is 182 g/mol. The van der Waals surface area contributed by atoms with Crippen LogP contribution in [0.2, 0.25) is 0 Å². The van der Waals surface area contributed by atoms with Gasteiger partial charge in [0.15, 0.2) is 0 Å². The van der Waals surface area contributed by atoms with E-state index in [0.29, 0.717) is 13.2 Å². The Balaban J connectivity index is 2.40. The van der Waals surface area contributed by atoms with E-state index in [0.717, 1.165) is 26.1 Å². The maximum absolute atomic E-state index is 6.13. The van der Waals surface area contributed by atoms with Crippen molar-refractivity contribution in [3.05, 3.63) is 0 Å². The van der Waals surface area contributed by atoms with E-state index in [4.69, 9.17) is 16.9 Å². The largest absolute Gasteiger partial charge is 0.379 e. The molecule has 0 aromatic heterocycles. The number of likely N-dealkylation sites (N-methyl/N-ethyl adjacent to an activating group) is 1. The normalized spacial score (nSPS) is 27.8. The van der Waals surface area contributed by atoms with Crippen LogP contribution in [0.15, 0.2) is 0 Å². The first-order chi connectivity index (χ1) is 6.20. The van der Waals surface area contributed by atoms with Crippen molar-refractivity contribution in [2.75, 3.05) is 32.8 Å². The number of hydrogen-bond acceptors (Lipinski definition) is 3. The Hall–Kier alpha value is -0.560. The van der Waals surface area contributed by atoms with Crippen LogP contribution in [-0.4, -0.2) is 43.3 Å². The van der Waals surface area contributed by atoms with E-state index < -0.39 is 0 Å². The van der Waals surface area contributed by atoms with Gasteiger partial charge >= 0.3 is 0 Å². The van der Waals surface area contributed by atoms with Crippen molar-refractivity contribution in [3.63, 3.8) is 0 Å². The first-order valence-corrected chi connectivity index (χ1v) is 4.72. The number of nitrogens with two attached hydrogens (primary N) is 1. The van der Waals surface area contributed by atoms with Crippen LogP contribution in [0.5, 0.6) is 0 Å². The van der Waals surface area contributed by atoms with Gasteiger partial charge in [0, 0.05) is 13.2 Å². The lowest BCUT2D eigenvalue weighted by Crippen LogP contribution is -2.50. The zero-order valence-corrected chi connectivity index (χ0v) is 8.25. The molecule has 1 aliphatic heterocycles. The Bertz CT molecular complexity index is 192. The molecule has 0 aromatic rings. The lowest BCUT2D eigenvalue weighted by Gasteiger charge is -2.29. The third kappa shape index (κ3) is 3.00. The molecule has 1 aliphatic rings. The summed E-state index contributed by atoms with van der Waals surface area (Å²) in [6.07, 6.45) is 6.20. The highest BCUT2D eigenvalue weighted by Gasteiger charge is 2.31. The van der Waals surface area contributed by atoms with Crippen molar-refractivity contribution >= 4 is 0 Å². The molecule has 1 unspecified atom stereocenters. The summed E-state index contributed by atoms with van der Waals surface area (Å²) in [5.74, 6) is 2.64. The maximum Gasteiger partial charge on any atom is 0.0659 e. The third-order valence-electron chi connectivity index (χ3n) is 2.43. The van der Waals surface area contributed by atoms with Gasteiger partial charge in [-0.05, 0) is 13.0 Å². The van der Waals surface area contributed by atoms with Crippen molar-refractivity contribution < 1.29 is 4.74 Å². The molecule has 3 heteroatoms. The molecule has 0 aromatic carbocycles. The van der Waals surface area contributed by atoms with Crippen LogP contribution in [0.4, 0.5) is 0 Å². The fraction of sp³-hybridized carbons (Fsp3) is 0.800. The molecular formula is C10H18N2O. The summed E-state index contributed by atoms with van der Waals surface area (Å²) in [5, 5.41) is 0. The van der Waals surface area contributed by atoms with Crippen LogP contribution in [0.25, 0.3) is 0 Å². The summed E-state index contributed by atoms with van der Waals surface area (Å²) in [4.78, 5) is 2.18. The van der Waals surface area contributed by atoms with Gasteiger partial charge in [0.05, 0.1) is 18.7 Å². The molecule has 3 nitrogen and oxygen atoms in total. The van der Waals surface area contributed by atoms with Crippen LogP contribution < -0.4 is 5.73 Å². The molecule has 0 saturated carbocycles. The number of ether oxygens (including phenoxy) is 1. The van der Waals surface area contributed by atoms with Crippen molar-refractivity contribution in [3.8, 4) is 12.3 Å². The standard InChI is InChI=1S/C10H18N2O/c1-3-6-12(4-2)8-10(11)5-7-13-9-10/h1H,4-9,11H2,2H3. The second kappa shape index (κ2) is 4.61. The summed E-state index contributed by atoms with van der Waals surface area (Å²) < 4.78 is 5.28. The van der Waals surface area contributed by atoms with Gasteiger partial charge in [0.2, 0.25) is 0 Å². The van der Waals surface area contributed by atoms with Gasteiger partial charge in [0.25, 0.3) is 0 Å². The lowest BCUT2D eigenvalue weighted by atomic mass is 10.00. The number of terminal acetylenes is 1. The first kappa shape index (κ1) is 10.5. The second-order valence-corrected chi connectivity index (χ2v) is 3.67. The molecule has 13 heavy (non-hydrogen) atoms. The third-order valence-corrected chi connectivity index (χ3v) is 2.43. The highest BCUT2D eigenvalue weighted by molar-refractivity contribution is 4.95. The molecule has 74 valence electrons. The Kier molecular flexibility index (Phi) is 3.73. The first-order valence-electron chi connectivity index (χ1n) is 4.72. The minimum absolute atomic E-state index is 0.174. The summed E-state index contributed by atoms with van der Waals surface area (Å²) in [7, 11) is 0. The Morgan fingerprint density at radius 1 is 1.69 bits per heavy atom. The molecule has 1 fully saturated rings. The van der Waals surface area contributed by atoms with E-state index in [2.05, 4.69) is 17.7 Å². The van der Waals surface area contributed by atoms with Crippen LogP contribution >= 0.6 is 0 Å². The van der Waals surface area contributed by atoms with Gasteiger partial charge in [-0.2, -0.15) is 0 Å². The minimum atomic E-state index is -0.174. The second-order valence-electron chi connectivity index (χ2n) is 3.67. The highest BCUT2D eigenvalue weighted by atomic mass is 16.5. The average molecular weight is 182 g/mol. The topological polar surface area (TPSA) is 38.5 Å². The van der Waals surface area contributed by atoms with Crippen LogP contribution in [-0.2, 0) is 4.74 Å². The molecule has 0 spiro atoms. The van der Waals surface area contributed by atoms with Crippen LogP contribution in [0.3, 0.4) is 0 Å². The Labute approximate surface area is 80.2 Å². The SMILES string of the molecule is C#CCN(CC)CC1(N)CCOC1. The van der Waals surface area contributed by atoms with Crippen molar-refractivity contribution in [2.45, 2.75) is 18.9 Å². The van der Waals surface area contributed by atoms with Crippen molar-refractivity contribution in [2.24, 2.45) is 5.73 Å². The lowest BCUT2D eigenvalue weighted by molar-refractivity contribution is 0.159. The van der Waals surface area contributed by atoms with Gasteiger partial charge < -0.3 is 10.5 Å². The molecule has 2 N–H and O–H groups in total. The molecule has 0 bridgehead atoms. The predicted molar refractivity (Wildman–Crippen MR) is 53.3 cm³/mol. The minimum Gasteiger partial charge on any atom is -0.379 e. The fourth-order valence-electron chi connectivity index (χ4n) is 1.60. The Morgan fingerprint density at radius 3 is 2.92 bits per heavy atom. The van der Waals surface area contributed by atoms with E-state index in [1.165, 1.54) is 0 Å². The summed E-state index contributed by atoms with van der Waals surface area (Å²) >= 11 is 0. The van der Waals surface area contributed by atoms with E-state index in [1.807, 2.05) is 0 Å². The summed E-state index contributed by atoms with van der Waals surface area (Å²) in [6.45, 7) is 6.00. The van der Waals surface area contributed by atoms with Crippen LogP contribution in [0, 0.1) is 12.3 Å². The number of nitrogens with zero attached hydrogens (tertiary/aromatic N) is 1. The van der Waals surface area contributed by atoms with Crippen molar-refractivity contribution in [1.82, 2.24) is 4.90 Å². The average Bonchev–Trinajstić information content (AvgIpc) is 2.51. The highest BCUT2D eigenvalue weighted by Crippen LogP contribution is 2.16. The maximum atomic E-state index is 6.13. The Morgan fingerprint density at radius 2 is 2.46 bits per heavy atom. The van der Waals surface area contributed by atoms with Gasteiger partial charge in [-0.25, -0.2) is 0 Å². The zero-order chi connectivity index (χ0) is 9.73. The molecule has 1 heterocycles. The van der Waals surface area contributed by atoms with Gasteiger partial charge in [-0.1, -0.05) is 12.8 Å². The van der Waals surface area contributed by atoms with E-state index in [1.54, 1.807) is 0 Å². The summed E-state index contributed by atoms with van der Waals surface area (Å²) in [5.41, 5.74) is 5.96. The van der Waals surface area contributed by atoms with Gasteiger partial charge in [0.1, 0.15) is 0 Å². The molecular weight excluding hydrogens is 164 g/mol. The predicted octanol–water partition coefficient (Wildman–Crippen LogP) is 0.0593. The molecule has 1 rings (SSSR count). The molecule has 0 aliphatic carbocycles. The quantitative estimate of drug-likeness (QED) is 0.625. The molecule has 0 radical (unpaired) electrons.